The zero-order valence-electron chi connectivity index (χ0n) is 16.1. The van der Waals surface area contributed by atoms with E-state index in [0.29, 0.717) is 6.54 Å². The summed E-state index contributed by atoms with van der Waals surface area (Å²) in [5.74, 6) is 0. The van der Waals surface area contributed by atoms with Crippen LogP contribution in [0, 0.1) is 0 Å². The number of benzene rings is 1. The van der Waals surface area contributed by atoms with Crippen LogP contribution < -0.4 is 0 Å². The average molecular weight is 199 g/mol. The molecule has 0 aliphatic carbocycles. The number of unbranched alkanes of at least 4 members (excludes halogenated alkanes) is 1. The molecular formula is C13H22N+. The van der Waals surface area contributed by atoms with Crippen LogP contribution >= 0.6 is 0 Å². The molecule has 0 N–H and O–H groups in total. The van der Waals surface area contributed by atoms with Gasteiger partial charge in [0.15, 0.2) is 0 Å². The molecule has 14 heavy (non-hydrogen) atoms. The van der Waals surface area contributed by atoms with Crippen LogP contribution in [0.4, 0.5) is 0 Å². The molecule has 1 heteroatoms. The summed E-state index contributed by atoms with van der Waals surface area (Å²) in [5.41, 5.74) is -0.269. The molecular weight excluding hydrogens is 170 g/mol. The molecule has 1 aromatic rings. The van der Waals surface area contributed by atoms with E-state index in [-0.39, 0.29) is 10.0 Å². The molecule has 0 heterocycles. The van der Waals surface area contributed by atoms with Crippen molar-refractivity contribution in [2.75, 3.05) is 20.6 Å². The van der Waals surface area contributed by atoms with Crippen LogP contribution in [0.5, 0.6) is 0 Å². The van der Waals surface area contributed by atoms with E-state index in [4.69, 9.17) is 9.60 Å². The molecule has 0 aromatic heterocycles. The zero-order chi connectivity index (χ0) is 16.6. The van der Waals surface area contributed by atoms with Gasteiger partial charge in [-0.1, -0.05) is 43.6 Å². The normalized spacial score (nSPS) is 19.8. The van der Waals surface area contributed by atoms with Crippen molar-refractivity contribution in [3.63, 3.8) is 0 Å². The maximum absolute atomic E-state index is 8.36. The Hall–Kier alpha value is -0.820. The highest BCUT2D eigenvalue weighted by Crippen LogP contribution is 2.10. The van der Waals surface area contributed by atoms with Gasteiger partial charge in [0.2, 0.25) is 0 Å². The van der Waals surface area contributed by atoms with Crippen molar-refractivity contribution in [3.8, 4) is 0 Å². The smallest absolute Gasteiger partial charge is 0.104 e. The van der Waals surface area contributed by atoms with Crippen molar-refractivity contribution in [1.82, 2.24) is 0 Å². The lowest BCUT2D eigenvalue weighted by Crippen LogP contribution is -2.39. The molecule has 0 saturated carbocycles. The van der Waals surface area contributed by atoms with E-state index in [0.717, 1.165) is 12.8 Å². The van der Waals surface area contributed by atoms with Gasteiger partial charge in [0, 0.05) is 5.56 Å². The lowest BCUT2D eigenvalue weighted by molar-refractivity contribution is -0.903. The number of quaternary nitrogens is 1. The summed E-state index contributed by atoms with van der Waals surface area (Å²) in [5, 5.41) is 0. The zero-order valence-corrected chi connectivity index (χ0v) is 9.07. The number of hydrogen-bond acceptors (Lipinski definition) is 0. The second-order valence-corrected chi connectivity index (χ2v) is 3.87. The van der Waals surface area contributed by atoms with Crippen molar-refractivity contribution < 1.29 is 14.1 Å². The first kappa shape index (κ1) is 4.80. The first-order valence-corrected chi connectivity index (χ1v) is 4.89. The minimum atomic E-state index is -2.07. The first-order chi connectivity index (χ1) is 9.49. The Morgan fingerprint density at radius 2 is 1.93 bits per heavy atom. The van der Waals surface area contributed by atoms with Gasteiger partial charge >= 0.3 is 0 Å². The highest BCUT2D eigenvalue weighted by molar-refractivity contribution is 5.13. The van der Waals surface area contributed by atoms with E-state index < -0.39 is 36.7 Å². The summed E-state index contributed by atoms with van der Waals surface area (Å²) >= 11 is 0. The van der Waals surface area contributed by atoms with E-state index in [2.05, 4.69) is 0 Å². The fourth-order valence-electron chi connectivity index (χ4n) is 1.22. The van der Waals surface area contributed by atoms with Crippen LogP contribution in [-0.4, -0.2) is 25.1 Å². The van der Waals surface area contributed by atoms with Gasteiger partial charge in [-0.05, 0) is 6.42 Å². The molecule has 0 atom stereocenters. The lowest BCUT2D eigenvalue weighted by atomic mass is 10.2. The van der Waals surface area contributed by atoms with Gasteiger partial charge in [0.1, 0.15) is 6.50 Å². The minimum Gasteiger partial charge on any atom is -0.325 e. The Morgan fingerprint density at radius 1 is 1.29 bits per heavy atom. The van der Waals surface area contributed by atoms with E-state index in [9.17, 15) is 0 Å². The predicted molar refractivity (Wildman–Crippen MR) is 62.0 cm³/mol. The molecule has 1 nitrogen and oxygen atoms in total. The van der Waals surface area contributed by atoms with Crippen LogP contribution in [0.25, 0.3) is 0 Å². The van der Waals surface area contributed by atoms with E-state index in [1.165, 1.54) is 0 Å². The third-order valence-electron chi connectivity index (χ3n) is 1.99. The summed E-state index contributed by atoms with van der Waals surface area (Å²) < 4.78 is 55.4. The topological polar surface area (TPSA) is 0 Å². The molecule has 0 aliphatic rings. The van der Waals surface area contributed by atoms with Crippen LogP contribution in [-0.2, 0) is 6.50 Å². The van der Waals surface area contributed by atoms with Gasteiger partial charge in [0.25, 0.3) is 0 Å². The third kappa shape index (κ3) is 3.93. The van der Waals surface area contributed by atoms with Crippen molar-refractivity contribution in [3.05, 3.63) is 35.8 Å². The molecule has 0 unspecified atom stereocenters. The van der Waals surface area contributed by atoms with E-state index in [1.54, 1.807) is 14.1 Å². The fraction of sp³-hybridized carbons (Fsp3) is 0.538. The van der Waals surface area contributed by atoms with Crippen molar-refractivity contribution in [1.29, 1.82) is 0 Å². The summed E-state index contributed by atoms with van der Waals surface area (Å²) in [4.78, 5) is 0. The average Bonchev–Trinajstić information content (AvgIpc) is 2.40. The van der Waals surface area contributed by atoms with Crippen LogP contribution in [0.1, 0.15) is 34.9 Å². The quantitative estimate of drug-likeness (QED) is 0.639. The molecule has 78 valence electrons. The van der Waals surface area contributed by atoms with E-state index in [1.807, 2.05) is 6.92 Å². The van der Waals surface area contributed by atoms with Gasteiger partial charge < -0.3 is 4.48 Å². The Bertz CT molecular complexity index is 511. The Balaban J connectivity index is 3.52. The standard InChI is InChI=1S/C13H22N/c1-4-5-11-14(2,3)12-13-9-7-6-8-10-13/h6-10H,4-5,11-12H2,1-3H3/q+1/i6D,7D,8D,9D,10D,12D2. The van der Waals surface area contributed by atoms with Gasteiger partial charge in [-0.3, -0.25) is 0 Å². The molecule has 0 fully saturated rings. The largest absolute Gasteiger partial charge is 0.325 e. The summed E-state index contributed by atoms with van der Waals surface area (Å²) in [6.45, 7) is 0.453. The predicted octanol–water partition coefficient (Wildman–Crippen LogP) is 3.06. The monoisotopic (exact) mass is 199 g/mol. The van der Waals surface area contributed by atoms with Gasteiger partial charge in [-0.2, -0.15) is 0 Å². The molecule has 0 spiro atoms. The van der Waals surface area contributed by atoms with Crippen molar-refractivity contribution in [2.24, 2.45) is 0 Å². The third-order valence-corrected chi connectivity index (χ3v) is 1.99. The first-order valence-electron chi connectivity index (χ1n) is 8.39. The maximum atomic E-state index is 8.36. The highest BCUT2D eigenvalue weighted by Gasteiger charge is 2.14. The number of rotatable bonds is 5. The second-order valence-electron chi connectivity index (χ2n) is 3.87. The lowest BCUT2D eigenvalue weighted by Gasteiger charge is -2.29. The highest BCUT2D eigenvalue weighted by atomic mass is 15.3. The van der Waals surface area contributed by atoms with Crippen LogP contribution in [0.15, 0.2) is 30.2 Å². The molecule has 0 saturated heterocycles. The molecule has 0 bridgehead atoms. The van der Waals surface area contributed by atoms with Gasteiger partial charge in [0.05, 0.1) is 30.2 Å². The second kappa shape index (κ2) is 5.16. The van der Waals surface area contributed by atoms with Crippen LogP contribution in [0.2, 0.25) is 0 Å². The molecule has 0 amide bonds. The van der Waals surface area contributed by atoms with Crippen molar-refractivity contribution >= 4 is 0 Å². The summed E-state index contributed by atoms with van der Waals surface area (Å²) in [7, 11) is 3.35. The Morgan fingerprint density at radius 3 is 2.50 bits per heavy atom. The fourth-order valence-corrected chi connectivity index (χ4v) is 1.22. The summed E-state index contributed by atoms with van der Waals surface area (Å²) in [6, 6.07) is -2.42. The minimum absolute atomic E-state index is 0.0885. The summed E-state index contributed by atoms with van der Waals surface area (Å²) in [6.07, 6.45) is 1.70. The molecule has 1 rings (SSSR count). The SMILES string of the molecule is [2H]c1c([2H])c([2H])c(C([2H])([2H])[N+](C)(C)CCCC)c([2H])c1[2H]. The number of nitrogens with zero attached hydrogens (tertiary/aromatic N) is 1. The van der Waals surface area contributed by atoms with Gasteiger partial charge in [-0.25, -0.2) is 0 Å². The molecule has 0 radical (unpaired) electrons. The molecule has 0 aliphatic heterocycles. The van der Waals surface area contributed by atoms with Crippen LogP contribution in [0.3, 0.4) is 0 Å². The van der Waals surface area contributed by atoms with Crippen molar-refractivity contribution in [2.45, 2.75) is 26.3 Å². The van der Waals surface area contributed by atoms with E-state index >= 15 is 0 Å². The van der Waals surface area contributed by atoms with Gasteiger partial charge in [-0.15, -0.1) is 0 Å². The number of hydrogen-bond donors (Lipinski definition) is 0. The molecule has 1 aromatic carbocycles. The Labute approximate surface area is 97.8 Å². The maximum Gasteiger partial charge on any atom is 0.104 e. The Kier molecular flexibility index (Phi) is 1.77.